The smallest absolute Gasteiger partial charge is 0.255 e. The van der Waals surface area contributed by atoms with E-state index in [1.54, 1.807) is 27.2 Å². The van der Waals surface area contributed by atoms with Crippen molar-refractivity contribution >= 4 is 22.4 Å². The fourth-order valence-corrected chi connectivity index (χ4v) is 4.93. The maximum absolute atomic E-state index is 14.3. The number of ether oxygens (including phenoxy) is 3. The molecule has 6 nitrogen and oxygen atoms in total. The summed E-state index contributed by atoms with van der Waals surface area (Å²) < 4.78 is 30.1. The molecule has 7 heteroatoms. The molecule has 4 aromatic carbocycles. The minimum atomic E-state index is -0.583. The van der Waals surface area contributed by atoms with Gasteiger partial charge in [0.05, 0.1) is 26.5 Å². The van der Waals surface area contributed by atoms with Crippen LogP contribution in [-0.4, -0.2) is 50.8 Å². The van der Waals surface area contributed by atoms with Crippen molar-refractivity contribution in [1.82, 2.24) is 4.90 Å². The Bertz CT molecular complexity index is 1480. The van der Waals surface area contributed by atoms with Gasteiger partial charge in [0.15, 0.2) is 11.6 Å². The first-order valence-corrected chi connectivity index (χ1v) is 13.2. The lowest BCUT2D eigenvalue weighted by atomic mass is 9.99. The van der Waals surface area contributed by atoms with Gasteiger partial charge < -0.3 is 19.5 Å². The predicted molar refractivity (Wildman–Crippen MR) is 153 cm³/mol. The molecule has 202 valence electrons. The van der Waals surface area contributed by atoms with Crippen molar-refractivity contribution in [2.24, 2.45) is 0 Å². The number of halogens is 1. The number of amides is 1. The molecule has 0 aliphatic carbocycles. The monoisotopic (exact) mass is 528 g/mol. The van der Waals surface area contributed by atoms with Crippen LogP contribution in [0.3, 0.4) is 0 Å². The van der Waals surface area contributed by atoms with Crippen molar-refractivity contribution in [2.75, 3.05) is 39.2 Å². The van der Waals surface area contributed by atoms with Crippen LogP contribution in [0, 0.1) is 5.82 Å². The molecule has 2 aliphatic heterocycles. The fourth-order valence-electron chi connectivity index (χ4n) is 4.93. The highest BCUT2D eigenvalue weighted by Crippen LogP contribution is 2.34. The maximum Gasteiger partial charge on any atom is 0.255 e. The van der Waals surface area contributed by atoms with Crippen LogP contribution in [-0.2, 0) is 0 Å². The van der Waals surface area contributed by atoms with E-state index in [4.69, 9.17) is 14.2 Å². The number of fused-ring (bicyclic) bond motifs is 2. The Hall–Kier alpha value is -4.10. The van der Waals surface area contributed by atoms with Gasteiger partial charge in [0.1, 0.15) is 11.5 Å². The van der Waals surface area contributed by atoms with Gasteiger partial charge in [0.2, 0.25) is 0 Å². The summed E-state index contributed by atoms with van der Waals surface area (Å²) in [6, 6.07) is 22.6. The first-order chi connectivity index (χ1) is 19.0. The summed E-state index contributed by atoms with van der Waals surface area (Å²) >= 11 is 0. The minimum Gasteiger partial charge on any atom is -0.497 e. The van der Waals surface area contributed by atoms with E-state index in [9.17, 15) is 9.18 Å². The second-order valence-electron chi connectivity index (χ2n) is 9.66. The largest absolute Gasteiger partial charge is 0.497 e. The van der Waals surface area contributed by atoms with Crippen LogP contribution in [0.4, 0.5) is 10.1 Å². The average molecular weight is 529 g/mol. The zero-order valence-corrected chi connectivity index (χ0v) is 22.5. The van der Waals surface area contributed by atoms with Gasteiger partial charge in [-0.15, -0.1) is 0 Å². The number of hydrogen-bond donors (Lipinski definition) is 1. The number of carbonyl (C=O) groups excluding carboxylic acids is 1. The van der Waals surface area contributed by atoms with Crippen molar-refractivity contribution < 1.29 is 23.4 Å². The molecule has 0 bridgehead atoms. The molecular formula is C32H33FN2O4. The molecule has 0 spiro atoms. The zero-order valence-electron chi connectivity index (χ0n) is 22.5. The molecule has 2 aliphatic rings. The molecule has 2 atom stereocenters. The van der Waals surface area contributed by atoms with Gasteiger partial charge in [-0.1, -0.05) is 18.2 Å². The number of methoxy groups -OCH3 is 2. The normalized spacial score (nSPS) is 17.0. The van der Waals surface area contributed by atoms with Crippen LogP contribution in [0.2, 0.25) is 0 Å². The van der Waals surface area contributed by atoms with Crippen LogP contribution in [0.25, 0.3) is 21.9 Å². The third-order valence-electron chi connectivity index (χ3n) is 7.14. The highest BCUT2D eigenvalue weighted by molar-refractivity contribution is 6.07. The topological polar surface area (TPSA) is 59.8 Å². The molecule has 0 radical (unpaired) electrons. The van der Waals surface area contributed by atoms with Gasteiger partial charge in [-0.05, 0) is 91.2 Å². The highest BCUT2D eigenvalue weighted by Gasteiger charge is 2.37. The summed E-state index contributed by atoms with van der Waals surface area (Å²) in [5.41, 5.74) is 2.48. The molecule has 2 heterocycles. The van der Waals surface area contributed by atoms with E-state index in [0.717, 1.165) is 33.7 Å². The molecule has 1 N–H and O–H groups in total. The second-order valence-corrected chi connectivity index (χ2v) is 9.66. The number of carbonyl (C=O) groups is 1. The number of piperidine rings is 1. The van der Waals surface area contributed by atoms with Crippen LogP contribution < -0.4 is 19.5 Å². The number of rotatable bonds is 7. The Labute approximate surface area is 228 Å². The maximum atomic E-state index is 14.3. The highest BCUT2D eigenvalue weighted by atomic mass is 19.1. The quantitative estimate of drug-likeness (QED) is 0.268. The first kappa shape index (κ1) is 26.5. The van der Waals surface area contributed by atoms with E-state index in [1.807, 2.05) is 48.5 Å². The van der Waals surface area contributed by atoms with Crippen LogP contribution in [0.5, 0.6) is 17.2 Å². The summed E-state index contributed by atoms with van der Waals surface area (Å²) in [6.07, 6.45) is 2.95. The minimum absolute atomic E-state index is 0.115. The van der Waals surface area contributed by atoms with E-state index in [2.05, 4.69) is 10.2 Å². The van der Waals surface area contributed by atoms with Crippen molar-refractivity contribution in [2.45, 2.75) is 25.8 Å². The van der Waals surface area contributed by atoms with Gasteiger partial charge in [-0.25, -0.2) is 4.39 Å². The van der Waals surface area contributed by atoms with Gasteiger partial charge in [-0.3, -0.25) is 9.69 Å². The summed E-state index contributed by atoms with van der Waals surface area (Å²) in [4.78, 5) is 15.5. The lowest BCUT2D eigenvalue weighted by Crippen LogP contribution is -2.13. The molecule has 0 saturated carbocycles. The second kappa shape index (κ2) is 11.7. The average Bonchev–Trinajstić information content (AvgIpc) is 3.57. The van der Waals surface area contributed by atoms with E-state index in [1.165, 1.54) is 44.1 Å². The van der Waals surface area contributed by atoms with Crippen molar-refractivity contribution in [1.29, 1.82) is 0 Å². The Morgan fingerprint density at radius 1 is 0.949 bits per heavy atom. The predicted octanol–water partition coefficient (Wildman–Crippen LogP) is 6.78. The van der Waals surface area contributed by atoms with E-state index in [-0.39, 0.29) is 11.3 Å². The molecule has 2 fully saturated rings. The van der Waals surface area contributed by atoms with Crippen molar-refractivity contribution in [3.63, 3.8) is 0 Å². The van der Waals surface area contributed by atoms with Crippen molar-refractivity contribution in [3.05, 3.63) is 84.2 Å². The third kappa shape index (κ3) is 6.15. The van der Waals surface area contributed by atoms with Crippen LogP contribution in [0.1, 0.15) is 30.1 Å². The number of hydrogen-bond acceptors (Lipinski definition) is 5. The number of nitrogens with one attached hydrogen (secondary N) is 1. The fraction of sp³-hybridized carbons (Fsp3) is 0.281. The summed E-state index contributed by atoms with van der Waals surface area (Å²) in [6.45, 7) is 4.92. The molecular weight excluding hydrogens is 495 g/mol. The Morgan fingerprint density at radius 2 is 1.69 bits per heavy atom. The molecule has 2 unspecified atom stereocenters. The summed E-state index contributed by atoms with van der Waals surface area (Å²) in [7, 11) is 3.20. The number of nitrogens with zero attached hydrogens (tertiary/aromatic N) is 1. The Morgan fingerprint density at radius 3 is 2.33 bits per heavy atom. The van der Waals surface area contributed by atoms with Gasteiger partial charge in [-0.2, -0.15) is 0 Å². The summed E-state index contributed by atoms with van der Waals surface area (Å²) in [5, 5.41) is 4.98. The SMILES string of the molecule is C1CC2CN2C1.CCOc1ccc(C(=O)Nc2cc(OC)ccc2-c2ccc3cc(OC)ccc3c2)cc1F. The lowest BCUT2D eigenvalue weighted by Gasteiger charge is -2.14. The van der Waals surface area contributed by atoms with E-state index in [0.29, 0.717) is 18.0 Å². The first-order valence-electron chi connectivity index (χ1n) is 13.2. The van der Waals surface area contributed by atoms with Gasteiger partial charge in [0.25, 0.3) is 5.91 Å². The molecule has 39 heavy (non-hydrogen) atoms. The molecule has 4 aromatic rings. The van der Waals surface area contributed by atoms with E-state index < -0.39 is 11.7 Å². The summed E-state index contributed by atoms with van der Waals surface area (Å²) in [5.74, 6) is 0.480. The standard InChI is InChI=1S/C27H24FNO4.C5H9N/c1-4-33-26-12-8-20(15-24(26)28)27(30)29-25-16-22(32-3)10-11-23(25)19-6-5-18-14-21(31-2)9-7-17(18)13-19;1-2-5-4-6(5)3-1/h5-16H,4H2,1-3H3,(H,29,30);5H,1-4H2. The van der Waals surface area contributed by atoms with Crippen LogP contribution in [0.15, 0.2) is 72.8 Å². The van der Waals surface area contributed by atoms with Crippen LogP contribution >= 0.6 is 0 Å². The molecule has 1 amide bonds. The lowest BCUT2D eigenvalue weighted by molar-refractivity contribution is 0.102. The third-order valence-corrected chi connectivity index (χ3v) is 7.14. The zero-order chi connectivity index (χ0) is 27.4. The number of benzene rings is 4. The molecule has 2 saturated heterocycles. The van der Waals surface area contributed by atoms with Gasteiger partial charge >= 0.3 is 0 Å². The molecule has 6 rings (SSSR count). The van der Waals surface area contributed by atoms with Crippen molar-refractivity contribution in [3.8, 4) is 28.4 Å². The Kier molecular flexibility index (Phi) is 7.98. The van der Waals surface area contributed by atoms with E-state index >= 15 is 0 Å². The van der Waals surface area contributed by atoms with Gasteiger partial charge in [0, 0.05) is 29.8 Å². The Balaban J connectivity index is 0.000000445. The number of anilines is 1. The molecule has 0 aromatic heterocycles.